The molecule has 0 unspecified atom stereocenters. The van der Waals surface area contributed by atoms with E-state index in [0.29, 0.717) is 0 Å². The van der Waals surface area contributed by atoms with Crippen molar-refractivity contribution < 1.29 is 0 Å². The summed E-state index contributed by atoms with van der Waals surface area (Å²) in [5.74, 6) is 5.10. The number of rotatable bonds is 1. The van der Waals surface area contributed by atoms with Crippen LogP contribution in [-0.4, -0.2) is 10.7 Å². The smallest absolute Gasteiger partial charge is 0.0862 e. The Kier molecular flexibility index (Phi) is 2.21. The Morgan fingerprint density at radius 1 is 1.55 bits per heavy atom. The maximum absolute atomic E-state index is 5.10. The summed E-state index contributed by atoms with van der Waals surface area (Å²) in [6, 6.07) is 5.76. The lowest BCUT2D eigenvalue weighted by molar-refractivity contribution is 1.15. The highest BCUT2D eigenvalue weighted by Crippen LogP contribution is 1.98. The van der Waals surface area contributed by atoms with Crippen LogP contribution in [0.4, 0.5) is 0 Å². The molecule has 1 aromatic heterocycles. The van der Waals surface area contributed by atoms with Gasteiger partial charge < -0.3 is 5.84 Å². The van der Waals surface area contributed by atoms with Crippen LogP contribution in [0.5, 0.6) is 0 Å². The van der Waals surface area contributed by atoms with E-state index in [2.05, 4.69) is 10.1 Å². The minimum Gasteiger partial charge on any atom is -0.323 e. The highest BCUT2D eigenvalue weighted by atomic mass is 15.1. The van der Waals surface area contributed by atoms with Gasteiger partial charge in [0.25, 0.3) is 0 Å². The molecule has 0 aromatic carbocycles. The molecule has 11 heavy (non-hydrogen) atoms. The number of aryl methyl sites for hydroxylation is 1. The van der Waals surface area contributed by atoms with Crippen molar-refractivity contribution in [2.45, 2.75) is 13.8 Å². The average molecular weight is 149 g/mol. The third-order valence-corrected chi connectivity index (χ3v) is 1.45. The van der Waals surface area contributed by atoms with Gasteiger partial charge in [0.1, 0.15) is 0 Å². The maximum atomic E-state index is 5.10. The van der Waals surface area contributed by atoms with Crippen molar-refractivity contribution >= 4 is 5.71 Å². The van der Waals surface area contributed by atoms with Crippen LogP contribution in [-0.2, 0) is 0 Å². The molecule has 0 radical (unpaired) electrons. The molecule has 2 N–H and O–H groups in total. The molecule has 58 valence electrons. The van der Waals surface area contributed by atoms with Crippen molar-refractivity contribution in [3.63, 3.8) is 0 Å². The summed E-state index contributed by atoms with van der Waals surface area (Å²) in [5.41, 5.74) is 2.58. The van der Waals surface area contributed by atoms with Gasteiger partial charge >= 0.3 is 0 Å². The van der Waals surface area contributed by atoms with Crippen molar-refractivity contribution in [2.75, 3.05) is 0 Å². The first-order chi connectivity index (χ1) is 5.24. The van der Waals surface area contributed by atoms with Crippen LogP contribution in [0.1, 0.15) is 18.3 Å². The van der Waals surface area contributed by atoms with Crippen LogP contribution < -0.4 is 5.84 Å². The Morgan fingerprint density at radius 3 is 2.82 bits per heavy atom. The third kappa shape index (κ3) is 1.77. The van der Waals surface area contributed by atoms with Crippen molar-refractivity contribution in [3.05, 3.63) is 29.6 Å². The summed E-state index contributed by atoms with van der Waals surface area (Å²) in [7, 11) is 0. The molecule has 0 spiro atoms. The Labute approximate surface area is 66.0 Å². The minimum absolute atomic E-state index is 0.758. The number of hydrazone groups is 1. The largest absolute Gasteiger partial charge is 0.323 e. The van der Waals surface area contributed by atoms with E-state index >= 15 is 0 Å². The zero-order valence-electron chi connectivity index (χ0n) is 6.70. The van der Waals surface area contributed by atoms with Gasteiger partial charge in [-0.3, -0.25) is 4.98 Å². The highest BCUT2D eigenvalue weighted by molar-refractivity contribution is 5.96. The van der Waals surface area contributed by atoms with Gasteiger partial charge in [0, 0.05) is 5.69 Å². The van der Waals surface area contributed by atoms with Crippen LogP contribution in [0.3, 0.4) is 0 Å². The van der Waals surface area contributed by atoms with Crippen molar-refractivity contribution in [1.29, 1.82) is 0 Å². The molecule has 0 aliphatic rings. The molecule has 0 fully saturated rings. The van der Waals surface area contributed by atoms with Gasteiger partial charge in [-0.25, -0.2) is 0 Å². The molecule has 0 amide bonds. The number of hydrogen-bond donors (Lipinski definition) is 1. The molecular weight excluding hydrogens is 138 g/mol. The number of nitrogens with zero attached hydrogens (tertiary/aromatic N) is 2. The van der Waals surface area contributed by atoms with Gasteiger partial charge in [0.05, 0.1) is 11.4 Å². The van der Waals surface area contributed by atoms with Gasteiger partial charge in [-0.15, -0.1) is 0 Å². The molecule has 3 nitrogen and oxygen atoms in total. The number of pyridine rings is 1. The minimum atomic E-state index is 0.758. The van der Waals surface area contributed by atoms with E-state index in [0.717, 1.165) is 17.1 Å². The van der Waals surface area contributed by atoms with Crippen LogP contribution in [0.25, 0.3) is 0 Å². The van der Waals surface area contributed by atoms with Crippen molar-refractivity contribution in [1.82, 2.24) is 4.98 Å². The first-order valence-electron chi connectivity index (χ1n) is 3.42. The fourth-order valence-electron chi connectivity index (χ4n) is 0.811. The number of hydrogen-bond acceptors (Lipinski definition) is 3. The molecule has 0 saturated carbocycles. The van der Waals surface area contributed by atoms with E-state index in [4.69, 9.17) is 5.84 Å². The number of aromatic nitrogens is 1. The molecule has 0 aliphatic carbocycles. The Bertz CT molecular complexity index is 278. The molecule has 1 rings (SSSR count). The lowest BCUT2D eigenvalue weighted by Gasteiger charge is -1.97. The van der Waals surface area contributed by atoms with Gasteiger partial charge in [-0.1, -0.05) is 6.07 Å². The second kappa shape index (κ2) is 3.14. The highest BCUT2D eigenvalue weighted by Gasteiger charge is 1.96. The standard InChI is InChI=1S/C8H11N3/c1-6-4-3-5-8(10-6)7(2)11-9/h3-5H,9H2,1-2H3/b11-7+. The summed E-state index contributed by atoms with van der Waals surface area (Å²) in [6.45, 7) is 3.77. The maximum Gasteiger partial charge on any atom is 0.0862 e. The predicted octanol–water partition coefficient (Wildman–Crippen LogP) is 1.07. The van der Waals surface area contributed by atoms with Gasteiger partial charge in [-0.05, 0) is 26.0 Å². The van der Waals surface area contributed by atoms with Crippen molar-refractivity contribution in [2.24, 2.45) is 10.9 Å². The van der Waals surface area contributed by atoms with E-state index in [9.17, 15) is 0 Å². The summed E-state index contributed by atoms with van der Waals surface area (Å²) in [5, 5.41) is 3.55. The van der Waals surface area contributed by atoms with E-state index in [1.54, 1.807) is 0 Å². The zero-order chi connectivity index (χ0) is 8.27. The van der Waals surface area contributed by atoms with Crippen molar-refractivity contribution in [3.8, 4) is 0 Å². The average Bonchev–Trinajstić information content (AvgIpc) is 2.03. The topological polar surface area (TPSA) is 51.3 Å². The molecule has 0 atom stereocenters. The first-order valence-corrected chi connectivity index (χ1v) is 3.42. The van der Waals surface area contributed by atoms with Gasteiger partial charge in [-0.2, -0.15) is 5.10 Å². The Morgan fingerprint density at radius 2 is 2.27 bits per heavy atom. The molecule has 1 aromatic rings. The molecule has 0 bridgehead atoms. The first kappa shape index (κ1) is 7.72. The fourth-order valence-corrected chi connectivity index (χ4v) is 0.811. The number of nitrogens with two attached hydrogens (primary N) is 1. The quantitative estimate of drug-likeness (QED) is 0.369. The van der Waals surface area contributed by atoms with E-state index in [-0.39, 0.29) is 0 Å². The van der Waals surface area contributed by atoms with Gasteiger partial charge in [0.15, 0.2) is 0 Å². The summed E-state index contributed by atoms with van der Waals surface area (Å²) in [6.07, 6.45) is 0. The molecule has 0 aliphatic heterocycles. The Hall–Kier alpha value is -1.38. The lowest BCUT2D eigenvalue weighted by atomic mass is 10.2. The van der Waals surface area contributed by atoms with Gasteiger partial charge in [0.2, 0.25) is 0 Å². The van der Waals surface area contributed by atoms with Crippen LogP contribution in [0, 0.1) is 6.92 Å². The van der Waals surface area contributed by atoms with E-state index in [1.807, 2.05) is 32.0 Å². The van der Waals surface area contributed by atoms with Crippen LogP contribution in [0.15, 0.2) is 23.3 Å². The predicted molar refractivity (Wildman–Crippen MR) is 45.4 cm³/mol. The second-order valence-corrected chi connectivity index (χ2v) is 2.38. The van der Waals surface area contributed by atoms with Crippen LogP contribution >= 0.6 is 0 Å². The van der Waals surface area contributed by atoms with E-state index < -0.39 is 0 Å². The molecular formula is C8H11N3. The molecule has 3 heteroatoms. The lowest BCUT2D eigenvalue weighted by Crippen LogP contribution is -2.02. The third-order valence-electron chi connectivity index (χ3n) is 1.45. The molecule has 1 heterocycles. The monoisotopic (exact) mass is 149 g/mol. The summed E-state index contributed by atoms with van der Waals surface area (Å²) in [4.78, 5) is 4.23. The van der Waals surface area contributed by atoms with E-state index in [1.165, 1.54) is 0 Å². The zero-order valence-corrected chi connectivity index (χ0v) is 6.70. The fraction of sp³-hybridized carbons (Fsp3) is 0.250. The Balaban J connectivity index is 3.06. The summed E-state index contributed by atoms with van der Waals surface area (Å²) >= 11 is 0. The van der Waals surface area contributed by atoms with Crippen LogP contribution in [0.2, 0.25) is 0 Å². The normalized spacial score (nSPS) is 11.6. The molecule has 0 saturated heterocycles. The summed E-state index contributed by atoms with van der Waals surface area (Å²) < 4.78 is 0. The SMILES string of the molecule is C/C(=N\N)c1cccc(C)n1. The second-order valence-electron chi connectivity index (χ2n) is 2.38.